The number of piperazine rings is 1. The first kappa shape index (κ1) is 18.8. The van der Waals surface area contributed by atoms with Crippen molar-refractivity contribution >= 4 is 28.8 Å². The van der Waals surface area contributed by atoms with E-state index in [2.05, 4.69) is 35.8 Å². The maximum Gasteiger partial charge on any atom is 0.222 e. The number of carbonyl (C=O) groups is 1. The Hall–Kier alpha value is 0.0400. The predicted molar refractivity (Wildman–Crippen MR) is 104 cm³/mol. The molecule has 138 valence electrons. The van der Waals surface area contributed by atoms with Crippen LogP contribution >= 0.6 is 22.9 Å². The number of rotatable bonds is 4. The van der Waals surface area contributed by atoms with Crippen LogP contribution < -0.4 is 5.84 Å². The average Bonchev–Trinajstić information content (AvgIpc) is 2.62. The zero-order valence-electron chi connectivity index (χ0n) is 14.7. The molecule has 3 fully saturated rings. The standard InChI is InChI=1S/C17H32IN5O/c18-22-7-5-16(6-8-22)20-11-13-21(14-12-20)17(24)2-1-15-3-9-23(19)10-4-15/h15-16H,1-14,19H2. The fraction of sp³-hybridized carbons (Fsp3) is 0.941. The summed E-state index contributed by atoms with van der Waals surface area (Å²) < 4.78 is 2.39. The number of hydrazine groups is 1. The van der Waals surface area contributed by atoms with Gasteiger partial charge in [-0.3, -0.25) is 15.5 Å². The van der Waals surface area contributed by atoms with E-state index in [4.69, 9.17) is 5.84 Å². The highest BCUT2D eigenvalue weighted by molar-refractivity contribution is 14.1. The molecule has 0 spiro atoms. The molecule has 0 aromatic rings. The fourth-order valence-corrected chi connectivity index (χ4v) is 4.82. The monoisotopic (exact) mass is 449 g/mol. The maximum atomic E-state index is 12.5. The number of nitrogens with two attached hydrogens (primary N) is 1. The summed E-state index contributed by atoms with van der Waals surface area (Å²) in [4.78, 5) is 17.2. The lowest BCUT2D eigenvalue weighted by Gasteiger charge is -2.42. The van der Waals surface area contributed by atoms with Gasteiger partial charge in [0.15, 0.2) is 0 Å². The lowest BCUT2D eigenvalue weighted by molar-refractivity contribution is -0.133. The highest BCUT2D eigenvalue weighted by atomic mass is 127. The van der Waals surface area contributed by atoms with Gasteiger partial charge in [-0.2, -0.15) is 0 Å². The second-order valence-corrected chi connectivity index (χ2v) is 8.94. The third kappa shape index (κ3) is 5.27. The molecule has 0 aromatic carbocycles. The van der Waals surface area contributed by atoms with Crippen molar-refractivity contribution in [2.24, 2.45) is 11.8 Å². The molecule has 0 bridgehead atoms. The Morgan fingerprint density at radius 2 is 1.54 bits per heavy atom. The molecule has 1 amide bonds. The topological polar surface area (TPSA) is 56.1 Å². The Balaban J connectivity index is 1.34. The van der Waals surface area contributed by atoms with Crippen LogP contribution in [0.2, 0.25) is 0 Å². The van der Waals surface area contributed by atoms with Gasteiger partial charge in [0.25, 0.3) is 0 Å². The van der Waals surface area contributed by atoms with Crippen molar-refractivity contribution in [2.75, 3.05) is 52.4 Å². The summed E-state index contributed by atoms with van der Waals surface area (Å²) in [5.74, 6) is 6.86. The van der Waals surface area contributed by atoms with Gasteiger partial charge in [-0.05, 0) is 38.0 Å². The van der Waals surface area contributed by atoms with Gasteiger partial charge in [0.05, 0.1) is 0 Å². The molecule has 3 heterocycles. The number of halogens is 1. The molecule has 3 aliphatic rings. The number of hydrogen-bond acceptors (Lipinski definition) is 5. The summed E-state index contributed by atoms with van der Waals surface area (Å²) >= 11 is 2.43. The Labute approximate surface area is 160 Å². The zero-order chi connectivity index (χ0) is 16.9. The number of amides is 1. The van der Waals surface area contributed by atoms with Crippen molar-refractivity contribution in [3.8, 4) is 0 Å². The maximum absolute atomic E-state index is 12.5. The van der Waals surface area contributed by atoms with Crippen LogP contribution in [0.3, 0.4) is 0 Å². The SMILES string of the molecule is NN1CCC(CCC(=O)N2CCN(C3CCN(I)CC3)CC2)CC1. The molecule has 3 saturated heterocycles. The second kappa shape index (κ2) is 9.12. The van der Waals surface area contributed by atoms with Crippen molar-refractivity contribution in [3.63, 3.8) is 0 Å². The second-order valence-electron chi connectivity index (χ2n) is 7.58. The molecule has 7 heteroatoms. The van der Waals surface area contributed by atoms with E-state index < -0.39 is 0 Å². The van der Waals surface area contributed by atoms with Gasteiger partial charge >= 0.3 is 0 Å². The van der Waals surface area contributed by atoms with E-state index in [0.29, 0.717) is 11.8 Å². The van der Waals surface area contributed by atoms with Crippen LogP contribution in [0.25, 0.3) is 0 Å². The van der Waals surface area contributed by atoms with Crippen LogP contribution in [0.1, 0.15) is 38.5 Å². The highest BCUT2D eigenvalue weighted by Gasteiger charge is 2.28. The van der Waals surface area contributed by atoms with Gasteiger partial charge in [0.1, 0.15) is 0 Å². The molecular weight excluding hydrogens is 417 g/mol. The van der Waals surface area contributed by atoms with Crippen LogP contribution in [-0.4, -0.2) is 82.2 Å². The molecule has 2 N–H and O–H groups in total. The van der Waals surface area contributed by atoms with Gasteiger partial charge < -0.3 is 4.90 Å². The molecule has 0 unspecified atom stereocenters. The molecule has 6 nitrogen and oxygen atoms in total. The number of nitrogens with zero attached hydrogens (tertiary/aromatic N) is 4. The molecule has 3 rings (SSSR count). The fourth-order valence-electron chi connectivity index (χ4n) is 4.26. The van der Waals surface area contributed by atoms with E-state index in [1.54, 1.807) is 0 Å². The van der Waals surface area contributed by atoms with Crippen molar-refractivity contribution in [1.29, 1.82) is 0 Å². The van der Waals surface area contributed by atoms with E-state index in [1.807, 2.05) is 5.01 Å². The average molecular weight is 449 g/mol. The minimum atomic E-state index is 0.368. The molecule has 0 atom stereocenters. The van der Waals surface area contributed by atoms with Gasteiger partial charge in [0.2, 0.25) is 5.91 Å². The summed E-state index contributed by atoms with van der Waals surface area (Å²) in [5.41, 5.74) is 0. The molecular formula is C17H32IN5O. The summed E-state index contributed by atoms with van der Waals surface area (Å²) in [6, 6.07) is 0.731. The van der Waals surface area contributed by atoms with Crippen molar-refractivity contribution in [1.82, 2.24) is 17.9 Å². The van der Waals surface area contributed by atoms with Crippen LogP contribution in [0, 0.1) is 5.92 Å². The Kier molecular flexibility index (Phi) is 7.15. The van der Waals surface area contributed by atoms with E-state index in [1.165, 1.54) is 25.9 Å². The number of hydrogen-bond donors (Lipinski definition) is 1. The zero-order valence-corrected chi connectivity index (χ0v) is 16.9. The summed E-state index contributed by atoms with van der Waals surface area (Å²) in [7, 11) is 0. The highest BCUT2D eigenvalue weighted by Crippen LogP contribution is 2.22. The van der Waals surface area contributed by atoms with Crippen LogP contribution in [0.5, 0.6) is 0 Å². The smallest absolute Gasteiger partial charge is 0.222 e. The van der Waals surface area contributed by atoms with E-state index in [9.17, 15) is 4.79 Å². The largest absolute Gasteiger partial charge is 0.340 e. The molecule has 0 aliphatic carbocycles. The van der Waals surface area contributed by atoms with Crippen molar-refractivity contribution in [3.05, 3.63) is 0 Å². The Morgan fingerprint density at radius 1 is 0.917 bits per heavy atom. The molecule has 0 radical (unpaired) electrons. The lowest BCUT2D eigenvalue weighted by atomic mass is 9.92. The minimum Gasteiger partial charge on any atom is -0.340 e. The third-order valence-corrected chi connectivity index (χ3v) is 6.97. The summed E-state index contributed by atoms with van der Waals surface area (Å²) in [6.45, 7) is 8.32. The minimum absolute atomic E-state index is 0.368. The molecule has 0 saturated carbocycles. The van der Waals surface area contributed by atoms with Crippen LogP contribution in [0.4, 0.5) is 0 Å². The first-order valence-electron chi connectivity index (χ1n) is 9.54. The van der Waals surface area contributed by atoms with Crippen LogP contribution in [0.15, 0.2) is 0 Å². The van der Waals surface area contributed by atoms with E-state index >= 15 is 0 Å². The van der Waals surface area contributed by atoms with Gasteiger partial charge in [-0.15, -0.1) is 0 Å². The van der Waals surface area contributed by atoms with E-state index in [-0.39, 0.29) is 0 Å². The number of piperidine rings is 2. The Bertz CT molecular complexity index is 400. The van der Waals surface area contributed by atoms with E-state index in [0.717, 1.165) is 71.0 Å². The first-order valence-corrected chi connectivity index (χ1v) is 10.5. The van der Waals surface area contributed by atoms with Crippen molar-refractivity contribution < 1.29 is 4.79 Å². The quantitative estimate of drug-likeness (QED) is 0.399. The third-order valence-electron chi connectivity index (χ3n) is 6.01. The van der Waals surface area contributed by atoms with Gasteiger partial charge in [0, 0.05) is 87.7 Å². The molecule has 3 aliphatic heterocycles. The van der Waals surface area contributed by atoms with Gasteiger partial charge in [-0.1, -0.05) is 0 Å². The van der Waals surface area contributed by atoms with Gasteiger partial charge in [-0.25, -0.2) is 8.12 Å². The van der Waals surface area contributed by atoms with Crippen LogP contribution in [-0.2, 0) is 4.79 Å². The normalized spacial score (nSPS) is 26.8. The van der Waals surface area contributed by atoms with Crippen molar-refractivity contribution in [2.45, 2.75) is 44.6 Å². The lowest BCUT2D eigenvalue weighted by Crippen LogP contribution is -2.53. The summed E-state index contributed by atoms with van der Waals surface area (Å²) in [6.07, 6.45) is 6.61. The first-order chi connectivity index (χ1) is 11.6. The Morgan fingerprint density at radius 3 is 2.17 bits per heavy atom. The molecule has 0 aromatic heterocycles. The predicted octanol–water partition coefficient (Wildman–Crippen LogP) is 1.31. The number of carbonyl (C=O) groups excluding carboxylic acids is 1. The molecule has 24 heavy (non-hydrogen) atoms. The summed E-state index contributed by atoms with van der Waals surface area (Å²) in [5, 5.41) is 1.90.